The topological polar surface area (TPSA) is 118 Å². The van der Waals surface area contributed by atoms with Crippen molar-refractivity contribution in [1.29, 1.82) is 0 Å². The SMILES string of the molecule is Cn1cnc(CCNC(=O)Nc2cccc3c2ccc(=O)n3C)c1.O=C(O)C(F)(F)F. The van der Waals surface area contributed by atoms with Crippen molar-refractivity contribution in [2.24, 2.45) is 14.1 Å². The molecule has 3 rings (SSSR count). The van der Waals surface area contributed by atoms with E-state index in [-0.39, 0.29) is 11.6 Å². The van der Waals surface area contributed by atoms with E-state index in [9.17, 15) is 22.8 Å². The van der Waals surface area contributed by atoms with Crippen LogP contribution in [0.2, 0.25) is 0 Å². The van der Waals surface area contributed by atoms with Gasteiger partial charge in [0.15, 0.2) is 0 Å². The third-order valence-corrected chi connectivity index (χ3v) is 4.08. The van der Waals surface area contributed by atoms with Crippen LogP contribution < -0.4 is 16.2 Å². The monoisotopic (exact) mass is 439 g/mol. The van der Waals surface area contributed by atoms with Gasteiger partial charge in [0.05, 0.1) is 23.2 Å². The number of urea groups is 1. The average molecular weight is 439 g/mol. The number of carbonyl (C=O) groups excluding carboxylic acids is 1. The van der Waals surface area contributed by atoms with Crippen molar-refractivity contribution in [3.63, 3.8) is 0 Å². The third kappa shape index (κ3) is 6.59. The van der Waals surface area contributed by atoms with Crippen molar-refractivity contribution < 1.29 is 27.9 Å². The molecule has 2 heterocycles. The molecule has 0 aliphatic rings. The van der Waals surface area contributed by atoms with Gasteiger partial charge in [-0.3, -0.25) is 4.79 Å². The summed E-state index contributed by atoms with van der Waals surface area (Å²) in [6.45, 7) is 0.492. The van der Waals surface area contributed by atoms with Gasteiger partial charge in [-0.25, -0.2) is 14.6 Å². The quantitative estimate of drug-likeness (QED) is 0.576. The lowest BCUT2D eigenvalue weighted by Gasteiger charge is -2.11. The lowest BCUT2D eigenvalue weighted by atomic mass is 10.2. The molecule has 2 aromatic heterocycles. The first-order valence-electron chi connectivity index (χ1n) is 8.89. The van der Waals surface area contributed by atoms with Crippen molar-refractivity contribution in [3.8, 4) is 0 Å². The van der Waals surface area contributed by atoms with Gasteiger partial charge in [0, 0.05) is 44.7 Å². The molecule has 3 N–H and O–H groups in total. The molecular formula is C19H20F3N5O4. The predicted molar refractivity (Wildman–Crippen MR) is 107 cm³/mol. The molecule has 3 aromatic rings. The summed E-state index contributed by atoms with van der Waals surface area (Å²) in [5.74, 6) is -2.76. The van der Waals surface area contributed by atoms with Crippen LogP contribution in [0.5, 0.6) is 0 Å². The number of alkyl halides is 3. The van der Waals surface area contributed by atoms with Gasteiger partial charge in [-0.15, -0.1) is 0 Å². The number of aliphatic carboxylic acids is 1. The number of nitrogens with one attached hydrogen (secondary N) is 2. The first kappa shape index (κ1) is 23.4. The Kier molecular flexibility index (Phi) is 7.40. The molecule has 0 atom stereocenters. The lowest BCUT2D eigenvalue weighted by molar-refractivity contribution is -0.192. The maximum absolute atomic E-state index is 12.1. The highest BCUT2D eigenvalue weighted by molar-refractivity contribution is 6.00. The third-order valence-electron chi connectivity index (χ3n) is 4.08. The normalized spacial score (nSPS) is 10.9. The summed E-state index contributed by atoms with van der Waals surface area (Å²) in [4.78, 5) is 36.9. The zero-order valence-electron chi connectivity index (χ0n) is 16.6. The molecule has 0 radical (unpaired) electrons. The fraction of sp³-hybridized carbons (Fsp3) is 0.263. The van der Waals surface area contributed by atoms with E-state index in [2.05, 4.69) is 15.6 Å². The number of halogens is 3. The number of carboxylic acids is 1. The molecule has 31 heavy (non-hydrogen) atoms. The van der Waals surface area contributed by atoms with Gasteiger partial charge in [0.2, 0.25) is 0 Å². The number of carboxylic acid groups (broad SMARTS) is 1. The number of amides is 2. The summed E-state index contributed by atoms with van der Waals surface area (Å²) < 4.78 is 35.2. The van der Waals surface area contributed by atoms with E-state index in [1.807, 2.05) is 36.0 Å². The van der Waals surface area contributed by atoms with Gasteiger partial charge in [-0.2, -0.15) is 13.2 Å². The summed E-state index contributed by atoms with van der Waals surface area (Å²) in [5, 5.41) is 13.6. The molecule has 0 aliphatic heterocycles. The van der Waals surface area contributed by atoms with Gasteiger partial charge in [0.1, 0.15) is 0 Å². The fourth-order valence-electron chi connectivity index (χ4n) is 2.58. The Balaban J connectivity index is 0.000000423. The van der Waals surface area contributed by atoms with Gasteiger partial charge in [-0.1, -0.05) is 6.07 Å². The van der Waals surface area contributed by atoms with Gasteiger partial charge in [0.25, 0.3) is 5.56 Å². The summed E-state index contributed by atoms with van der Waals surface area (Å²) in [6.07, 6.45) is -0.765. The Morgan fingerprint density at radius 3 is 2.42 bits per heavy atom. The smallest absolute Gasteiger partial charge is 0.475 e. The van der Waals surface area contributed by atoms with Gasteiger partial charge >= 0.3 is 18.2 Å². The van der Waals surface area contributed by atoms with E-state index in [4.69, 9.17) is 9.90 Å². The number of aryl methyl sites for hydroxylation is 2. The zero-order chi connectivity index (χ0) is 23.2. The fourth-order valence-corrected chi connectivity index (χ4v) is 2.58. The van der Waals surface area contributed by atoms with Crippen molar-refractivity contribution >= 4 is 28.6 Å². The summed E-state index contributed by atoms with van der Waals surface area (Å²) in [6, 6.07) is 8.40. The molecule has 0 aliphatic carbocycles. The number of pyridine rings is 1. The predicted octanol–water partition coefficient (Wildman–Crippen LogP) is 2.27. The van der Waals surface area contributed by atoms with Crippen LogP contribution in [0.1, 0.15) is 5.69 Å². The number of hydrogen-bond acceptors (Lipinski definition) is 4. The molecule has 12 heteroatoms. The second kappa shape index (κ2) is 9.78. The summed E-state index contributed by atoms with van der Waals surface area (Å²) in [5.41, 5.74) is 2.28. The molecule has 0 bridgehead atoms. The summed E-state index contributed by atoms with van der Waals surface area (Å²) >= 11 is 0. The maximum Gasteiger partial charge on any atom is 0.490 e. The standard InChI is InChI=1S/C17H19N5O2.C2HF3O2/c1-21-10-12(19-11-21)8-9-18-17(24)20-14-4-3-5-15-13(14)6-7-16(23)22(15)2;3-2(4,5)1(6)7/h3-7,10-11H,8-9H2,1-2H3,(H2,18,20,24);(H,6,7). The molecule has 9 nitrogen and oxygen atoms in total. The Labute approximate surface area is 174 Å². The molecule has 0 saturated heterocycles. The van der Waals surface area contributed by atoms with Crippen LogP contribution in [-0.2, 0) is 25.3 Å². The van der Waals surface area contributed by atoms with Crippen LogP contribution in [0.3, 0.4) is 0 Å². The lowest BCUT2D eigenvalue weighted by Crippen LogP contribution is -2.30. The van der Waals surface area contributed by atoms with Crippen molar-refractivity contribution in [2.75, 3.05) is 11.9 Å². The van der Waals surface area contributed by atoms with E-state index >= 15 is 0 Å². The molecule has 2 amide bonds. The number of carbonyl (C=O) groups is 2. The van der Waals surface area contributed by atoms with Crippen molar-refractivity contribution in [2.45, 2.75) is 12.6 Å². The van der Waals surface area contributed by atoms with Crippen molar-refractivity contribution in [1.82, 2.24) is 19.4 Å². The van der Waals surface area contributed by atoms with E-state index in [1.165, 1.54) is 6.07 Å². The molecule has 0 fully saturated rings. The molecule has 166 valence electrons. The minimum atomic E-state index is -5.08. The van der Waals surface area contributed by atoms with Crippen LogP contribution in [0, 0.1) is 0 Å². The van der Waals surface area contributed by atoms with E-state index < -0.39 is 12.1 Å². The van der Waals surface area contributed by atoms with Crippen LogP contribution in [-0.4, -0.2) is 43.9 Å². The highest BCUT2D eigenvalue weighted by Crippen LogP contribution is 2.21. The molecule has 0 unspecified atom stereocenters. The number of rotatable bonds is 4. The minimum absolute atomic E-state index is 0.0838. The Morgan fingerprint density at radius 1 is 1.16 bits per heavy atom. The number of hydrogen-bond donors (Lipinski definition) is 3. The Bertz CT molecular complexity index is 1140. The number of imidazole rings is 1. The zero-order valence-corrected chi connectivity index (χ0v) is 16.6. The Hall–Kier alpha value is -3.83. The number of nitrogens with zero attached hydrogens (tertiary/aromatic N) is 3. The number of aromatic nitrogens is 3. The van der Waals surface area contributed by atoms with Gasteiger partial charge in [-0.05, 0) is 18.2 Å². The largest absolute Gasteiger partial charge is 0.490 e. The highest BCUT2D eigenvalue weighted by Gasteiger charge is 2.38. The van der Waals surface area contributed by atoms with Crippen molar-refractivity contribution in [3.05, 3.63) is 58.9 Å². The number of benzene rings is 1. The molecule has 0 saturated carbocycles. The van der Waals surface area contributed by atoms with Gasteiger partial charge < -0.3 is 24.9 Å². The van der Waals surface area contributed by atoms with Crippen LogP contribution in [0.4, 0.5) is 23.7 Å². The van der Waals surface area contributed by atoms with Crippen LogP contribution in [0.15, 0.2) is 47.7 Å². The molecular weight excluding hydrogens is 419 g/mol. The first-order chi connectivity index (χ1) is 14.5. The highest BCUT2D eigenvalue weighted by atomic mass is 19.4. The Morgan fingerprint density at radius 2 is 1.84 bits per heavy atom. The first-order valence-corrected chi connectivity index (χ1v) is 8.89. The maximum atomic E-state index is 12.1. The molecule has 0 spiro atoms. The van der Waals surface area contributed by atoms with E-state index in [0.29, 0.717) is 18.7 Å². The average Bonchev–Trinajstić information content (AvgIpc) is 3.10. The number of anilines is 1. The van der Waals surface area contributed by atoms with E-state index in [1.54, 1.807) is 24.0 Å². The van der Waals surface area contributed by atoms with Crippen LogP contribution >= 0.6 is 0 Å². The van der Waals surface area contributed by atoms with E-state index in [0.717, 1.165) is 16.6 Å². The minimum Gasteiger partial charge on any atom is -0.475 e. The second-order valence-corrected chi connectivity index (χ2v) is 6.43. The summed E-state index contributed by atoms with van der Waals surface area (Å²) in [7, 11) is 3.62. The van der Waals surface area contributed by atoms with Crippen LogP contribution in [0.25, 0.3) is 10.9 Å². The second-order valence-electron chi connectivity index (χ2n) is 6.43. The molecule has 1 aromatic carbocycles. The number of fused-ring (bicyclic) bond motifs is 1.